The molecule has 0 bridgehead atoms. The number of carbonyl (C=O) groups is 1. The molecule has 1 saturated carbocycles. The molecule has 7 nitrogen and oxygen atoms in total. The van der Waals surface area contributed by atoms with Crippen LogP contribution >= 0.6 is 11.6 Å². The zero-order valence-corrected chi connectivity index (χ0v) is 15.9. The highest BCUT2D eigenvalue weighted by Gasteiger charge is 2.44. The van der Waals surface area contributed by atoms with Gasteiger partial charge in [-0.15, -0.1) is 0 Å². The van der Waals surface area contributed by atoms with Gasteiger partial charge in [0.05, 0.1) is 23.9 Å². The van der Waals surface area contributed by atoms with Crippen molar-refractivity contribution in [1.82, 2.24) is 19.7 Å². The Morgan fingerprint density at radius 1 is 1.17 bits per heavy atom. The Labute approximate surface area is 170 Å². The minimum atomic E-state index is -0.261. The van der Waals surface area contributed by atoms with Gasteiger partial charge in [-0.2, -0.15) is 5.10 Å². The largest absolute Gasteiger partial charge is 0.324 e. The average molecular weight is 406 g/mol. The van der Waals surface area contributed by atoms with Crippen LogP contribution in [-0.2, 0) is 4.79 Å². The number of aromatic amines is 1. The highest BCUT2D eigenvalue weighted by Crippen LogP contribution is 2.50. The zero-order chi connectivity index (χ0) is 20.0. The highest BCUT2D eigenvalue weighted by molar-refractivity contribution is 6.31. The molecule has 2 atom stereocenters. The number of para-hydroxylation sites is 2. The van der Waals surface area contributed by atoms with E-state index in [9.17, 15) is 9.59 Å². The van der Waals surface area contributed by atoms with Gasteiger partial charge in [-0.3, -0.25) is 9.59 Å². The molecule has 8 heteroatoms. The fourth-order valence-electron chi connectivity index (χ4n) is 3.63. The number of benzene rings is 2. The van der Waals surface area contributed by atoms with Crippen molar-refractivity contribution in [1.29, 1.82) is 0 Å². The number of nitrogens with zero attached hydrogens (tertiary/aromatic N) is 3. The molecule has 5 rings (SSSR count). The first-order valence-corrected chi connectivity index (χ1v) is 9.57. The Bertz CT molecular complexity index is 1300. The van der Waals surface area contributed by atoms with Gasteiger partial charge in [0, 0.05) is 10.9 Å². The van der Waals surface area contributed by atoms with Crippen LogP contribution in [0.25, 0.3) is 16.7 Å². The normalized spacial score (nSPS) is 18.0. The lowest BCUT2D eigenvalue weighted by Crippen LogP contribution is -2.16. The quantitative estimate of drug-likeness (QED) is 0.543. The monoisotopic (exact) mass is 405 g/mol. The van der Waals surface area contributed by atoms with Crippen LogP contribution in [0.3, 0.4) is 0 Å². The number of anilines is 1. The maximum absolute atomic E-state index is 12.9. The van der Waals surface area contributed by atoms with Crippen molar-refractivity contribution in [2.45, 2.75) is 12.3 Å². The second-order valence-electron chi connectivity index (χ2n) is 7.00. The van der Waals surface area contributed by atoms with Crippen LogP contribution in [0.2, 0.25) is 5.02 Å². The number of hydrogen-bond acceptors (Lipinski definition) is 4. The molecule has 2 N–H and O–H groups in total. The van der Waals surface area contributed by atoms with Crippen LogP contribution in [0.5, 0.6) is 0 Å². The molecule has 1 amide bonds. The predicted molar refractivity (Wildman–Crippen MR) is 110 cm³/mol. The molecule has 2 aromatic heterocycles. The molecule has 0 aliphatic heterocycles. The summed E-state index contributed by atoms with van der Waals surface area (Å²) in [6, 6.07) is 14.9. The molecular formula is C21H16ClN5O2. The smallest absolute Gasteiger partial charge is 0.261 e. The minimum Gasteiger partial charge on any atom is -0.324 e. The SMILES string of the molecule is O=C(Nc1ccccc1-n1ncc2c(=O)[nH]cnc21)C1CC1c1ccccc1Cl. The molecule has 0 spiro atoms. The third kappa shape index (κ3) is 3.09. The number of fused-ring (bicyclic) bond motifs is 1. The van der Waals surface area contributed by atoms with Crippen LogP contribution in [0, 0.1) is 5.92 Å². The van der Waals surface area contributed by atoms with Gasteiger partial charge < -0.3 is 10.3 Å². The molecule has 1 fully saturated rings. The highest BCUT2D eigenvalue weighted by atomic mass is 35.5. The molecule has 2 unspecified atom stereocenters. The van der Waals surface area contributed by atoms with Crippen molar-refractivity contribution < 1.29 is 4.79 Å². The van der Waals surface area contributed by atoms with E-state index in [1.54, 1.807) is 10.7 Å². The van der Waals surface area contributed by atoms with E-state index in [1.165, 1.54) is 12.5 Å². The lowest BCUT2D eigenvalue weighted by atomic mass is 10.1. The topological polar surface area (TPSA) is 92.7 Å². The van der Waals surface area contributed by atoms with E-state index in [2.05, 4.69) is 20.4 Å². The molecular weight excluding hydrogens is 390 g/mol. The number of carbonyl (C=O) groups excluding carboxylic acids is 1. The first-order chi connectivity index (χ1) is 14.1. The van der Waals surface area contributed by atoms with Gasteiger partial charge in [0.25, 0.3) is 5.56 Å². The van der Waals surface area contributed by atoms with Crippen molar-refractivity contribution in [3.8, 4) is 5.69 Å². The number of hydrogen-bond donors (Lipinski definition) is 2. The summed E-state index contributed by atoms with van der Waals surface area (Å²) in [6.07, 6.45) is 3.57. The van der Waals surface area contributed by atoms with Crippen molar-refractivity contribution in [2.75, 3.05) is 5.32 Å². The van der Waals surface area contributed by atoms with Crippen molar-refractivity contribution in [3.63, 3.8) is 0 Å². The summed E-state index contributed by atoms with van der Waals surface area (Å²) in [6.45, 7) is 0. The molecule has 4 aromatic rings. The summed E-state index contributed by atoms with van der Waals surface area (Å²) in [4.78, 5) is 31.6. The number of amides is 1. The van der Waals surface area contributed by atoms with Gasteiger partial charge in [-0.05, 0) is 36.1 Å². The molecule has 0 radical (unpaired) electrons. The Morgan fingerprint density at radius 2 is 1.97 bits per heavy atom. The third-order valence-corrected chi connectivity index (χ3v) is 5.54. The van der Waals surface area contributed by atoms with Gasteiger partial charge in [-0.25, -0.2) is 9.67 Å². The van der Waals surface area contributed by atoms with E-state index >= 15 is 0 Å². The van der Waals surface area contributed by atoms with Crippen molar-refractivity contribution in [2.24, 2.45) is 5.92 Å². The summed E-state index contributed by atoms with van der Waals surface area (Å²) < 4.78 is 1.55. The molecule has 1 aliphatic rings. The first kappa shape index (κ1) is 17.6. The minimum absolute atomic E-state index is 0.0652. The van der Waals surface area contributed by atoms with Crippen LogP contribution in [0.4, 0.5) is 5.69 Å². The number of nitrogens with one attached hydrogen (secondary N) is 2. The van der Waals surface area contributed by atoms with E-state index in [4.69, 9.17) is 11.6 Å². The maximum atomic E-state index is 12.9. The molecule has 0 saturated heterocycles. The van der Waals surface area contributed by atoms with Gasteiger partial charge in [0.1, 0.15) is 5.39 Å². The Balaban J connectivity index is 1.43. The van der Waals surface area contributed by atoms with E-state index in [-0.39, 0.29) is 23.3 Å². The van der Waals surface area contributed by atoms with E-state index in [0.717, 1.165) is 12.0 Å². The Kier molecular flexibility index (Phi) is 4.17. The van der Waals surface area contributed by atoms with Gasteiger partial charge in [0.15, 0.2) is 5.65 Å². The molecule has 2 aromatic carbocycles. The second-order valence-corrected chi connectivity index (χ2v) is 7.41. The standard InChI is InChI=1S/C21H16ClN5O2/c22-16-6-2-1-5-12(16)13-9-14(13)21(29)26-17-7-3-4-8-18(17)27-19-15(10-25-27)20(28)24-11-23-19/h1-8,10-11,13-14H,9H2,(H,26,29)(H,23,24,28). The lowest BCUT2D eigenvalue weighted by molar-refractivity contribution is -0.117. The second kappa shape index (κ2) is 6.86. The fourth-order valence-corrected chi connectivity index (χ4v) is 3.90. The third-order valence-electron chi connectivity index (χ3n) is 5.19. The molecule has 29 heavy (non-hydrogen) atoms. The fraction of sp³-hybridized carbons (Fsp3) is 0.143. The summed E-state index contributed by atoms with van der Waals surface area (Å²) >= 11 is 6.27. The zero-order valence-electron chi connectivity index (χ0n) is 15.2. The van der Waals surface area contributed by atoms with Crippen molar-refractivity contribution >= 4 is 34.2 Å². The summed E-state index contributed by atoms with van der Waals surface area (Å²) in [5.41, 5.74) is 2.42. The van der Waals surface area contributed by atoms with Gasteiger partial charge in [-0.1, -0.05) is 41.9 Å². The number of rotatable bonds is 4. The summed E-state index contributed by atoms with van der Waals surface area (Å²) in [5, 5.41) is 8.37. The molecule has 144 valence electrons. The lowest BCUT2D eigenvalue weighted by Gasteiger charge is -2.11. The molecule has 1 aliphatic carbocycles. The van der Waals surface area contributed by atoms with Crippen LogP contribution in [0.1, 0.15) is 17.9 Å². The van der Waals surface area contributed by atoms with Crippen LogP contribution in [-0.4, -0.2) is 25.7 Å². The Morgan fingerprint density at radius 3 is 2.83 bits per heavy atom. The van der Waals surface area contributed by atoms with Gasteiger partial charge in [0.2, 0.25) is 5.91 Å². The average Bonchev–Trinajstić information content (AvgIpc) is 3.40. The van der Waals surface area contributed by atoms with Gasteiger partial charge >= 0.3 is 0 Å². The number of aromatic nitrogens is 4. The first-order valence-electron chi connectivity index (χ1n) is 9.19. The van der Waals surface area contributed by atoms with E-state index < -0.39 is 0 Å². The summed E-state index contributed by atoms with van der Waals surface area (Å²) in [5.74, 6) is -0.0652. The Hall–Kier alpha value is -3.45. The maximum Gasteiger partial charge on any atom is 0.261 e. The summed E-state index contributed by atoms with van der Waals surface area (Å²) in [7, 11) is 0. The number of halogens is 1. The van der Waals surface area contributed by atoms with E-state index in [1.807, 2.05) is 42.5 Å². The van der Waals surface area contributed by atoms with Crippen molar-refractivity contribution in [3.05, 3.63) is 82.0 Å². The predicted octanol–water partition coefficient (Wildman–Crippen LogP) is 3.50. The number of H-pyrrole nitrogens is 1. The van der Waals surface area contributed by atoms with E-state index in [0.29, 0.717) is 27.4 Å². The van der Waals surface area contributed by atoms with Crippen LogP contribution in [0.15, 0.2) is 65.8 Å². The van der Waals surface area contributed by atoms with Crippen LogP contribution < -0.4 is 10.9 Å². The molecule has 2 heterocycles.